The van der Waals surface area contributed by atoms with Gasteiger partial charge in [-0.15, -0.1) is 0 Å². The molecule has 0 bridgehead atoms. The van der Waals surface area contributed by atoms with Gasteiger partial charge in [0.25, 0.3) is 11.4 Å². The molecule has 0 heterocycles. The summed E-state index contributed by atoms with van der Waals surface area (Å²) in [6, 6.07) is 25.2. The van der Waals surface area contributed by atoms with Gasteiger partial charge in [0.2, 0.25) is 17.3 Å². The number of fused-ring (bicyclic) bond motifs is 2. The predicted molar refractivity (Wildman–Crippen MR) is 247 cm³/mol. The van der Waals surface area contributed by atoms with Crippen molar-refractivity contribution >= 4 is 74.7 Å². The molecule has 23 heteroatoms. The third-order valence-corrected chi connectivity index (χ3v) is 10.6. The van der Waals surface area contributed by atoms with Gasteiger partial charge in [0.15, 0.2) is 11.6 Å². The maximum Gasteiger partial charge on any atom is 0.423 e. The van der Waals surface area contributed by atoms with E-state index in [4.69, 9.17) is 9.47 Å². The van der Waals surface area contributed by atoms with Crippen molar-refractivity contribution in [2.75, 3.05) is 30.9 Å². The molecule has 0 saturated carbocycles. The fraction of sp³-hybridized carbons (Fsp3) is 0.0851. The minimum absolute atomic E-state index is 0.0690. The second kappa shape index (κ2) is 19.7. The topological polar surface area (TPSA) is 316 Å². The number of nitro benzene ring substituents is 4. The Morgan fingerprint density at radius 3 is 1.74 bits per heavy atom. The molecule has 6 aromatic carbocycles. The lowest BCUT2D eigenvalue weighted by molar-refractivity contribution is -0.395. The number of rotatable bonds is 15. The van der Waals surface area contributed by atoms with Crippen molar-refractivity contribution in [2.45, 2.75) is 6.92 Å². The number of nitrogens with zero attached hydrogens (tertiary/aromatic N) is 7. The summed E-state index contributed by atoms with van der Waals surface area (Å²) in [6.45, 7) is 2.64. The molecule has 0 unspecified atom stereocenters. The summed E-state index contributed by atoms with van der Waals surface area (Å²) in [5.41, 5.74) is -3.64. The van der Waals surface area contributed by atoms with Gasteiger partial charge in [-0.25, -0.2) is 9.59 Å². The van der Waals surface area contributed by atoms with Gasteiger partial charge in [0, 0.05) is 72.0 Å². The highest BCUT2D eigenvalue weighted by Gasteiger charge is 2.39. The fourth-order valence-electron chi connectivity index (χ4n) is 7.24. The Balaban J connectivity index is 1.31. The van der Waals surface area contributed by atoms with Gasteiger partial charge >= 0.3 is 23.3 Å². The zero-order chi connectivity index (χ0) is 50.6. The molecule has 70 heavy (non-hydrogen) atoms. The van der Waals surface area contributed by atoms with Crippen molar-refractivity contribution in [3.05, 3.63) is 206 Å². The molecular weight excluding hydrogens is 917 g/mol. The molecule has 350 valence electrons. The monoisotopic (exact) mass is 948 g/mol. The number of nitro groups is 4. The standard InChI is InChI=1S/C47H32N8O15/c1-4-48-27-13-9-25(10-14-27)34(26-11-15-28(16-12-26)51(2)3)24-49-50-35-19-18-32(41-42(35)45(58)31-8-6-5-7-30(31)44(41)57)43(56)33-22-40(38(55(67)68)23-36(33)53(63)64)70-47(60)46(59)69-39-20-17-29(52(61)62)21-37(39)54(65)66/h5-24,48H,4H2,1-3H3. The molecule has 0 aromatic heterocycles. The molecule has 0 saturated heterocycles. The molecular formula is C47H32N8O15. The van der Waals surface area contributed by atoms with Gasteiger partial charge in [-0.1, -0.05) is 48.5 Å². The third-order valence-electron chi connectivity index (χ3n) is 10.6. The zero-order valence-electron chi connectivity index (χ0n) is 36.5. The first-order valence-corrected chi connectivity index (χ1v) is 20.4. The summed E-state index contributed by atoms with van der Waals surface area (Å²) in [5.74, 6) is -9.40. The van der Waals surface area contributed by atoms with Crippen molar-refractivity contribution in [3.63, 3.8) is 0 Å². The fourth-order valence-corrected chi connectivity index (χ4v) is 7.24. The molecule has 23 nitrogen and oxygen atoms in total. The minimum atomic E-state index is -2.10. The average Bonchev–Trinajstić information content (AvgIpc) is 3.34. The number of carbonyl (C=O) groups excluding carboxylic acids is 5. The summed E-state index contributed by atoms with van der Waals surface area (Å²) < 4.78 is 9.58. The number of nitrogens with one attached hydrogen (secondary N) is 1. The summed E-state index contributed by atoms with van der Waals surface area (Å²) in [4.78, 5) is 114. The zero-order valence-corrected chi connectivity index (χ0v) is 36.5. The Morgan fingerprint density at radius 1 is 0.629 bits per heavy atom. The Bertz CT molecular complexity index is 3310. The van der Waals surface area contributed by atoms with Crippen molar-refractivity contribution in [1.29, 1.82) is 0 Å². The van der Waals surface area contributed by atoms with Gasteiger partial charge in [0.05, 0.1) is 49.3 Å². The van der Waals surface area contributed by atoms with Crippen molar-refractivity contribution < 1.29 is 53.1 Å². The summed E-state index contributed by atoms with van der Waals surface area (Å²) in [6.07, 6.45) is 1.44. The Kier molecular flexibility index (Phi) is 13.5. The van der Waals surface area contributed by atoms with E-state index in [2.05, 4.69) is 15.5 Å². The van der Waals surface area contributed by atoms with Crippen LogP contribution in [0, 0.1) is 40.5 Å². The molecule has 0 fully saturated rings. The quantitative estimate of drug-likeness (QED) is 0.0191. The van der Waals surface area contributed by atoms with E-state index in [0.29, 0.717) is 36.4 Å². The molecule has 0 radical (unpaired) electrons. The molecule has 1 aliphatic carbocycles. The molecule has 0 spiro atoms. The number of hydrogen-bond acceptors (Lipinski definition) is 19. The van der Waals surface area contributed by atoms with E-state index >= 15 is 0 Å². The Labute approximate surface area is 392 Å². The van der Waals surface area contributed by atoms with E-state index in [9.17, 15) is 64.4 Å². The van der Waals surface area contributed by atoms with Crippen LogP contribution in [0.15, 0.2) is 132 Å². The molecule has 6 aromatic rings. The van der Waals surface area contributed by atoms with Gasteiger partial charge in [-0.05, 0) is 60.5 Å². The van der Waals surface area contributed by atoms with Crippen molar-refractivity contribution in [1.82, 2.24) is 0 Å². The number of hydrogen-bond donors (Lipinski definition) is 1. The van der Waals surface area contributed by atoms with E-state index in [1.807, 2.05) is 74.4 Å². The Hall–Kier alpha value is -10.2. The largest absolute Gasteiger partial charge is 0.423 e. The lowest BCUT2D eigenvalue weighted by Gasteiger charge is -2.21. The van der Waals surface area contributed by atoms with Gasteiger partial charge in [-0.2, -0.15) is 10.2 Å². The summed E-state index contributed by atoms with van der Waals surface area (Å²) in [5, 5.41) is 59.1. The first kappa shape index (κ1) is 47.8. The number of anilines is 2. The SMILES string of the molecule is CCNc1ccc(C(=CN=Nc2ccc(C(=O)c3cc(OC(=O)C(=O)Oc4ccc([N+](=O)[O-])cc4[N+](=O)[O-])c([N+](=O)[O-])cc3[N+](=O)[O-])c3c2C(=O)c2ccccc2C3=O)c2ccc(N(C)C)cc2)cc1. The number of esters is 2. The van der Waals surface area contributed by atoms with Crippen molar-refractivity contribution in [3.8, 4) is 11.5 Å². The molecule has 7 rings (SSSR count). The van der Waals surface area contributed by atoms with E-state index in [0.717, 1.165) is 34.6 Å². The molecule has 0 amide bonds. The van der Waals surface area contributed by atoms with Crippen LogP contribution in [0.4, 0.5) is 39.8 Å². The Morgan fingerprint density at radius 2 is 1.19 bits per heavy atom. The first-order valence-electron chi connectivity index (χ1n) is 20.4. The van der Waals surface area contributed by atoms with Crippen LogP contribution in [-0.2, 0) is 9.59 Å². The molecule has 0 atom stereocenters. The lowest BCUT2D eigenvalue weighted by Crippen LogP contribution is -2.26. The average molecular weight is 949 g/mol. The number of ether oxygens (including phenoxy) is 2. The maximum atomic E-state index is 14.6. The van der Waals surface area contributed by atoms with Crippen LogP contribution in [0.5, 0.6) is 11.5 Å². The van der Waals surface area contributed by atoms with E-state index in [-0.39, 0.29) is 22.9 Å². The number of non-ortho nitro benzene ring substituents is 1. The van der Waals surface area contributed by atoms with Crippen LogP contribution in [-0.4, -0.2) is 69.6 Å². The molecule has 1 N–H and O–H groups in total. The third kappa shape index (κ3) is 9.55. The number of azo groups is 1. The first-order chi connectivity index (χ1) is 33.4. The second-order valence-electron chi connectivity index (χ2n) is 15.0. The van der Waals surface area contributed by atoms with Crippen LogP contribution >= 0.6 is 0 Å². The van der Waals surface area contributed by atoms with Gasteiger partial charge < -0.3 is 19.7 Å². The van der Waals surface area contributed by atoms with Gasteiger partial charge in [-0.3, -0.25) is 54.8 Å². The van der Waals surface area contributed by atoms with Crippen molar-refractivity contribution in [2.24, 2.45) is 10.2 Å². The number of benzene rings is 6. The smallest absolute Gasteiger partial charge is 0.411 e. The molecule has 0 aliphatic heterocycles. The highest BCUT2D eigenvalue weighted by Crippen LogP contribution is 2.41. The van der Waals surface area contributed by atoms with E-state index in [1.165, 1.54) is 30.5 Å². The highest BCUT2D eigenvalue weighted by molar-refractivity contribution is 6.34. The number of ketones is 3. The molecule has 1 aliphatic rings. The van der Waals surface area contributed by atoms with E-state index < -0.39 is 105 Å². The van der Waals surface area contributed by atoms with E-state index in [1.54, 1.807) is 0 Å². The maximum absolute atomic E-state index is 14.6. The summed E-state index contributed by atoms with van der Waals surface area (Å²) in [7, 11) is 3.78. The lowest BCUT2D eigenvalue weighted by atomic mass is 9.79. The van der Waals surface area contributed by atoms with Crippen LogP contribution in [0.25, 0.3) is 5.57 Å². The predicted octanol–water partition coefficient (Wildman–Crippen LogP) is 8.51. The highest BCUT2D eigenvalue weighted by atomic mass is 16.7. The van der Waals surface area contributed by atoms with Crippen LogP contribution in [0.2, 0.25) is 0 Å². The van der Waals surface area contributed by atoms with Crippen LogP contribution in [0.3, 0.4) is 0 Å². The number of carbonyl (C=O) groups is 5. The van der Waals surface area contributed by atoms with Gasteiger partial charge in [0.1, 0.15) is 5.56 Å². The van der Waals surface area contributed by atoms with Crippen LogP contribution in [0.1, 0.15) is 65.8 Å². The normalized spacial score (nSPS) is 11.8. The summed E-state index contributed by atoms with van der Waals surface area (Å²) >= 11 is 0. The minimum Gasteiger partial charge on any atom is -0.411 e. The van der Waals surface area contributed by atoms with Crippen LogP contribution < -0.4 is 19.7 Å². The second-order valence-corrected chi connectivity index (χ2v) is 15.0.